The van der Waals surface area contributed by atoms with Crippen LogP contribution in [0.25, 0.3) is 6.08 Å². The lowest BCUT2D eigenvalue weighted by molar-refractivity contribution is -0.131. The third-order valence-electron chi connectivity index (χ3n) is 2.54. The second kappa shape index (κ2) is 6.68. The monoisotopic (exact) mass is 287 g/mol. The van der Waals surface area contributed by atoms with Gasteiger partial charge < -0.3 is 10.4 Å². The van der Waals surface area contributed by atoms with Gasteiger partial charge in [-0.25, -0.2) is 4.79 Å². The summed E-state index contributed by atoms with van der Waals surface area (Å²) in [5, 5.41) is 11.4. The zero-order valence-electron chi connectivity index (χ0n) is 10.6. The minimum absolute atomic E-state index is 0.158. The summed E-state index contributed by atoms with van der Waals surface area (Å²) in [6.45, 7) is 0.470. The molecule has 1 aromatic carbocycles. The van der Waals surface area contributed by atoms with Crippen LogP contribution < -0.4 is 5.32 Å². The van der Waals surface area contributed by atoms with Crippen LogP contribution in [0.1, 0.15) is 20.1 Å². The molecule has 102 valence electrons. The number of carboxylic acids is 1. The highest BCUT2D eigenvalue weighted by molar-refractivity contribution is 7.14. The maximum absolute atomic E-state index is 11.9. The fourth-order valence-electron chi connectivity index (χ4n) is 1.58. The predicted molar refractivity (Wildman–Crippen MR) is 78.6 cm³/mol. The average molecular weight is 287 g/mol. The summed E-state index contributed by atoms with van der Waals surface area (Å²) in [6, 6.07) is 13.0. The fourth-order valence-corrected chi connectivity index (χ4v) is 2.41. The van der Waals surface area contributed by atoms with Crippen LogP contribution in [-0.2, 0) is 11.3 Å². The Morgan fingerprint density at radius 1 is 1.15 bits per heavy atom. The highest BCUT2D eigenvalue weighted by atomic mass is 32.1. The van der Waals surface area contributed by atoms with Crippen LogP contribution in [0.15, 0.2) is 48.5 Å². The first-order valence-corrected chi connectivity index (χ1v) is 6.80. The van der Waals surface area contributed by atoms with Gasteiger partial charge in [0.2, 0.25) is 0 Å². The molecule has 0 unspecified atom stereocenters. The molecule has 2 rings (SSSR count). The summed E-state index contributed by atoms with van der Waals surface area (Å²) in [6.07, 6.45) is 2.53. The number of nitrogens with one attached hydrogen (secondary N) is 1. The molecule has 0 aliphatic rings. The summed E-state index contributed by atoms with van der Waals surface area (Å²) < 4.78 is 0. The summed E-state index contributed by atoms with van der Waals surface area (Å²) >= 11 is 1.26. The first-order chi connectivity index (χ1) is 9.65. The predicted octanol–water partition coefficient (Wildman–Crippen LogP) is 2.78. The molecule has 0 aliphatic carbocycles. The van der Waals surface area contributed by atoms with Crippen molar-refractivity contribution < 1.29 is 14.7 Å². The maximum Gasteiger partial charge on any atom is 0.328 e. The molecule has 20 heavy (non-hydrogen) atoms. The number of rotatable bonds is 5. The molecule has 0 aliphatic heterocycles. The second-order valence-corrected chi connectivity index (χ2v) is 5.16. The fraction of sp³-hybridized carbons (Fsp3) is 0.0667. The summed E-state index contributed by atoms with van der Waals surface area (Å²) in [5.41, 5.74) is 1.03. The number of hydrogen-bond donors (Lipinski definition) is 2. The van der Waals surface area contributed by atoms with E-state index < -0.39 is 5.97 Å². The van der Waals surface area contributed by atoms with E-state index in [2.05, 4.69) is 5.32 Å². The number of carboxylic acid groups (broad SMARTS) is 1. The van der Waals surface area contributed by atoms with E-state index in [1.807, 2.05) is 30.3 Å². The highest BCUT2D eigenvalue weighted by Crippen LogP contribution is 2.18. The van der Waals surface area contributed by atoms with Crippen molar-refractivity contribution in [3.8, 4) is 0 Å². The number of hydrogen-bond acceptors (Lipinski definition) is 3. The van der Waals surface area contributed by atoms with Gasteiger partial charge in [-0.2, -0.15) is 0 Å². The molecule has 0 radical (unpaired) electrons. The van der Waals surface area contributed by atoms with Gasteiger partial charge >= 0.3 is 5.97 Å². The zero-order valence-corrected chi connectivity index (χ0v) is 11.4. The standard InChI is InChI=1S/C15H13NO3S/c17-14(18)9-7-12-6-8-13(20-12)15(19)16-10-11-4-2-1-3-5-11/h1-9H,10H2,(H,16,19)(H,17,18). The Balaban J connectivity index is 1.94. The first-order valence-electron chi connectivity index (χ1n) is 5.98. The molecule has 0 fully saturated rings. The van der Waals surface area contributed by atoms with Crippen LogP contribution in [0.4, 0.5) is 0 Å². The van der Waals surface area contributed by atoms with Crippen molar-refractivity contribution >= 4 is 29.3 Å². The van der Waals surface area contributed by atoms with Crippen LogP contribution in [0.2, 0.25) is 0 Å². The Bertz CT molecular complexity index is 632. The Hall–Kier alpha value is -2.40. The molecule has 1 amide bonds. The SMILES string of the molecule is O=C(O)C=Cc1ccc(C(=O)NCc2ccccc2)s1. The minimum Gasteiger partial charge on any atom is -0.478 e. The third-order valence-corrected chi connectivity index (χ3v) is 3.59. The Kier molecular flexibility index (Phi) is 4.68. The molecule has 2 aromatic rings. The number of aliphatic carboxylic acids is 1. The summed E-state index contributed by atoms with van der Waals surface area (Å²) in [4.78, 5) is 23.6. The molecule has 0 atom stereocenters. The number of carbonyl (C=O) groups excluding carboxylic acids is 1. The van der Waals surface area contributed by atoms with Crippen molar-refractivity contribution in [3.05, 3.63) is 63.9 Å². The quantitative estimate of drug-likeness (QED) is 0.831. The lowest BCUT2D eigenvalue weighted by Gasteiger charge is -2.03. The zero-order chi connectivity index (χ0) is 14.4. The number of benzene rings is 1. The van der Waals surface area contributed by atoms with Gasteiger partial charge in [-0.3, -0.25) is 4.79 Å². The van der Waals surface area contributed by atoms with Gasteiger partial charge in [0, 0.05) is 17.5 Å². The van der Waals surface area contributed by atoms with Gasteiger partial charge in [0.1, 0.15) is 0 Å². The molecule has 0 bridgehead atoms. The van der Waals surface area contributed by atoms with Gasteiger partial charge in [0.25, 0.3) is 5.91 Å². The molecule has 2 N–H and O–H groups in total. The van der Waals surface area contributed by atoms with E-state index in [4.69, 9.17) is 5.11 Å². The lowest BCUT2D eigenvalue weighted by atomic mass is 10.2. The molecule has 1 aromatic heterocycles. The van der Waals surface area contributed by atoms with Crippen molar-refractivity contribution in [1.82, 2.24) is 5.32 Å². The van der Waals surface area contributed by atoms with E-state index in [1.54, 1.807) is 12.1 Å². The summed E-state index contributed by atoms with van der Waals surface area (Å²) in [5.74, 6) is -1.16. The van der Waals surface area contributed by atoms with Crippen molar-refractivity contribution in [2.45, 2.75) is 6.54 Å². The molecular weight excluding hydrogens is 274 g/mol. The molecule has 0 spiro atoms. The maximum atomic E-state index is 11.9. The van der Waals surface area contributed by atoms with Crippen LogP contribution in [0.3, 0.4) is 0 Å². The van der Waals surface area contributed by atoms with Gasteiger partial charge in [0.15, 0.2) is 0 Å². The topological polar surface area (TPSA) is 66.4 Å². The van der Waals surface area contributed by atoms with Crippen LogP contribution in [0.5, 0.6) is 0 Å². The Labute approximate surface area is 120 Å². The molecule has 4 nitrogen and oxygen atoms in total. The lowest BCUT2D eigenvalue weighted by Crippen LogP contribution is -2.21. The normalized spacial score (nSPS) is 10.6. The molecular formula is C15H13NO3S. The number of carbonyl (C=O) groups is 2. The van der Waals surface area contributed by atoms with E-state index in [9.17, 15) is 9.59 Å². The van der Waals surface area contributed by atoms with Crippen molar-refractivity contribution in [2.24, 2.45) is 0 Å². The van der Waals surface area contributed by atoms with Crippen LogP contribution >= 0.6 is 11.3 Å². The smallest absolute Gasteiger partial charge is 0.328 e. The minimum atomic E-state index is -1.01. The molecule has 0 saturated heterocycles. The third kappa shape index (κ3) is 4.07. The van der Waals surface area contributed by atoms with Crippen molar-refractivity contribution in [1.29, 1.82) is 0 Å². The van der Waals surface area contributed by atoms with Crippen LogP contribution in [0, 0.1) is 0 Å². The summed E-state index contributed by atoms with van der Waals surface area (Å²) in [7, 11) is 0. The van der Waals surface area contributed by atoms with Crippen molar-refractivity contribution in [2.75, 3.05) is 0 Å². The number of amides is 1. The Morgan fingerprint density at radius 2 is 1.90 bits per heavy atom. The van der Waals surface area contributed by atoms with E-state index in [1.165, 1.54) is 17.4 Å². The van der Waals surface area contributed by atoms with Crippen molar-refractivity contribution in [3.63, 3.8) is 0 Å². The molecule has 5 heteroatoms. The largest absolute Gasteiger partial charge is 0.478 e. The van der Waals surface area contributed by atoms with Gasteiger partial charge in [0.05, 0.1) is 4.88 Å². The van der Waals surface area contributed by atoms with E-state index in [0.29, 0.717) is 11.4 Å². The van der Waals surface area contributed by atoms with Gasteiger partial charge in [-0.15, -0.1) is 11.3 Å². The highest BCUT2D eigenvalue weighted by Gasteiger charge is 2.07. The van der Waals surface area contributed by atoms with Gasteiger partial charge in [-0.1, -0.05) is 30.3 Å². The number of thiophene rings is 1. The van der Waals surface area contributed by atoms with Crippen LogP contribution in [-0.4, -0.2) is 17.0 Å². The first kappa shape index (κ1) is 14.0. The van der Waals surface area contributed by atoms with E-state index in [0.717, 1.165) is 16.5 Å². The molecule has 0 saturated carbocycles. The second-order valence-electron chi connectivity index (χ2n) is 4.04. The van der Waals surface area contributed by atoms with Gasteiger partial charge in [-0.05, 0) is 23.8 Å². The Morgan fingerprint density at radius 3 is 2.60 bits per heavy atom. The average Bonchev–Trinajstić information content (AvgIpc) is 2.92. The molecule has 1 heterocycles. The van der Waals surface area contributed by atoms with E-state index in [-0.39, 0.29) is 5.91 Å². The van der Waals surface area contributed by atoms with E-state index >= 15 is 0 Å².